The molecule has 1 aliphatic carbocycles. The second-order valence-electron chi connectivity index (χ2n) is 7.44. The number of nitrogen functional groups attached to an aromatic ring is 1. The molecule has 0 saturated heterocycles. The van der Waals surface area contributed by atoms with Crippen molar-refractivity contribution in [2.75, 3.05) is 5.73 Å². The number of anilines is 1. The van der Waals surface area contributed by atoms with Gasteiger partial charge in [-0.25, -0.2) is 9.98 Å². The monoisotopic (exact) mass is 351 g/mol. The van der Waals surface area contributed by atoms with Gasteiger partial charge in [-0.2, -0.15) is 4.98 Å². The van der Waals surface area contributed by atoms with E-state index in [9.17, 15) is 0 Å². The van der Waals surface area contributed by atoms with E-state index in [4.69, 9.17) is 16.2 Å². The summed E-state index contributed by atoms with van der Waals surface area (Å²) in [6, 6.07) is 8.53. The van der Waals surface area contributed by atoms with Gasteiger partial charge >= 0.3 is 0 Å². The minimum absolute atomic E-state index is 0.305. The van der Waals surface area contributed by atoms with E-state index < -0.39 is 5.72 Å². The summed E-state index contributed by atoms with van der Waals surface area (Å²) >= 11 is 0. The standard InChI is InChI=1S/C20H25N5O/c1-12-23-18(21)16-19(24-12)26-20(2,22)17(25-16)15-10-8-14(9-11-15)13-6-4-3-5-7-13/h8-11,13H,3-7,22H2,1-2H3,(H2,21,23,24). The van der Waals surface area contributed by atoms with Crippen molar-refractivity contribution >= 4 is 17.2 Å². The Hall–Kier alpha value is -2.47. The van der Waals surface area contributed by atoms with Crippen molar-refractivity contribution in [2.24, 2.45) is 10.7 Å². The summed E-state index contributed by atoms with van der Waals surface area (Å²) in [6.45, 7) is 3.55. The van der Waals surface area contributed by atoms with Crippen molar-refractivity contribution in [3.8, 4) is 5.88 Å². The minimum Gasteiger partial charge on any atom is -0.449 e. The molecule has 0 radical (unpaired) electrons. The van der Waals surface area contributed by atoms with Crippen LogP contribution in [0.15, 0.2) is 29.3 Å². The van der Waals surface area contributed by atoms with Gasteiger partial charge < -0.3 is 10.5 Å². The summed E-state index contributed by atoms with van der Waals surface area (Å²) in [6.07, 6.45) is 6.56. The van der Waals surface area contributed by atoms with Crippen LogP contribution in [0.5, 0.6) is 5.88 Å². The van der Waals surface area contributed by atoms with Gasteiger partial charge in [0.25, 0.3) is 0 Å². The van der Waals surface area contributed by atoms with E-state index in [0.717, 1.165) is 5.56 Å². The zero-order chi connectivity index (χ0) is 18.3. The first-order valence-electron chi connectivity index (χ1n) is 9.25. The Morgan fingerprint density at radius 3 is 2.46 bits per heavy atom. The Kier molecular flexibility index (Phi) is 4.15. The summed E-state index contributed by atoms with van der Waals surface area (Å²) in [5, 5.41) is 0. The first-order valence-corrected chi connectivity index (χ1v) is 9.25. The molecule has 0 bridgehead atoms. The fraction of sp³-hybridized carbons (Fsp3) is 0.450. The lowest BCUT2D eigenvalue weighted by Gasteiger charge is -2.32. The molecule has 4 N–H and O–H groups in total. The highest BCUT2D eigenvalue weighted by Gasteiger charge is 2.36. The molecule has 136 valence electrons. The van der Waals surface area contributed by atoms with E-state index >= 15 is 0 Å². The summed E-state index contributed by atoms with van der Waals surface area (Å²) in [5.41, 5.74) is 14.7. The van der Waals surface area contributed by atoms with Crippen LogP contribution in [0.2, 0.25) is 0 Å². The number of nitrogens with two attached hydrogens (primary N) is 2. The van der Waals surface area contributed by atoms with E-state index in [-0.39, 0.29) is 0 Å². The smallest absolute Gasteiger partial charge is 0.247 e. The molecule has 2 aromatic rings. The quantitative estimate of drug-likeness (QED) is 0.861. The number of benzene rings is 1. The second kappa shape index (κ2) is 6.36. The molecule has 6 heteroatoms. The number of nitrogens with zero attached hydrogens (tertiary/aromatic N) is 3. The molecule has 0 spiro atoms. The minimum atomic E-state index is -1.08. The van der Waals surface area contributed by atoms with Crippen LogP contribution in [0, 0.1) is 6.92 Å². The van der Waals surface area contributed by atoms with Crippen LogP contribution in [0.1, 0.15) is 61.9 Å². The van der Waals surface area contributed by atoms with Crippen molar-refractivity contribution in [3.05, 3.63) is 41.2 Å². The van der Waals surface area contributed by atoms with Gasteiger partial charge in [0.05, 0.1) is 0 Å². The van der Waals surface area contributed by atoms with E-state index in [2.05, 4.69) is 39.2 Å². The summed E-state index contributed by atoms with van der Waals surface area (Å²) in [5.74, 6) is 1.84. The van der Waals surface area contributed by atoms with E-state index in [1.54, 1.807) is 13.8 Å². The Morgan fingerprint density at radius 1 is 1.08 bits per heavy atom. The molecule has 1 saturated carbocycles. The second-order valence-corrected chi connectivity index (χ2v) is 7.44. The number of aromatic nitrogens is 2. The van der Waals surface area contributed by atoms with Crippen molar-refractivity contribution in [3.63, 3.8) is 0 Å². The van der Waals surface area contributed by atoms with Crippen LogP contribution >= 0.6 is 0 Å². The van der Waals surface area contributed by atoms with Gasteiger partial charge in [0.2, 0.25) is 11.6 Å². The van der Waals surface area contributed by atoms with Crippen LogP contribution < -0.4 is 16.2 Å². The molecule has 4 rings (SSSR count). The van der Waals surface area contributed by atoms with Gasteiger partial charge in [0.15, 0.2) is 11.5 Å². The third-order valence-electron chi connectivity index (χ3n) is 5.25. The number of rotatable bonds is 2. The molecule has 1 unspecified atom stereocenters. The summed E-state index contributed by atoms with van der Waals surface area (Å²) in [7, 11) is 0. The van der Waals surface area contributed by atoms with Crippen molar-refractivity contribution in [1.29, 1.82) is 0 Å². The maximum Gasteiger partial charge on any atom is 0.247 e. The van der Waals surface area contributed by atoms with Gasteiger partial charge in [-0.05, 0) is 38.2 Å². The normalized spacial score (nSPS) is 23.1. The SMILES string of the molecule is Cc1nc(N)c2c(n1)OC(C)(N)C(c1ccc(C3CCCCC3)cc1)=N2. The first-order chi connectivity index (χ1) is 12.4. The lowest BCUT2D eigenvalue weighted by molar-refractivity contribution is 0.158. The number of aliphatic imine (C=N–C) groups is 1. The van der Waals surface area contributed by atoms with Crippen molar-refractivity contribution in [1.82, 2.24) is 9.97 Å². The van der Waals surface area contributed by atoms with E-state index in [0.29, 0.717) is 34.8 Å². The molecule has 26 heavy (non-hydrogen) atoms. The van der Waals surface area contributed by atoms with Crippen LogP contribution in [0.25, 0.3) is 0 Å². The first kappa shape index (κ1) is 17.0. The highest BCUT2D eigenvalue weighted by molar-refractivity contribution is 6.09. The summed E-state index contributed by atoms with van der Waals surface area (Å²) in [4.78, 5) is 13.1. The molecule has 0 amide bonds. The molecule has 1 fully saturated rings. The Balaban J connectivity index is 1.70. The number of fused-ring (bicyclic) bond motifs is 1. The predicted molar refractivity (Wildman–Crippen MR) is 103 cm³/mol. The van der Waals surface area contributed by atoms with Crippen LogP contribution in [-0.2, 0) is 0 Å². The zero-order valence-corrected chi connectivity index (χ0v) is 15.3. The van der Waals surface area contributed by atoms with Crippen molar-refractivity contribution < 1.29 is 4.74 Å². The van der Waals surface area contributed by atoms with Gasteiger partial charge in [-0.1, -0.05) is 43.5 Å². The largest absolute Gasteiger partial charge is 0.449 e. The molecular formula is C20H25N5O. The van der Waals surface area contributed by atoms with Gasteiger partial charge in [0, 0.05) is 5.56 Å². The number of hydrogen-bond donors (Lipinski definition) is 2. The highest BCUT2D eigenvalue weighted by atomic mass is 16.5. The average Bonchev–Trinajstić information content (AvgIpc) is 2.61. The Labute approximate surface area is 153 Å². The van der Waals surface area contributed by atoms with Gasteiger partial charge in [-0.15, -0.1) is 0 Å². The lowest BCUT2D eigenvalue weighted by Crippen LogP contribution is -2.52. The zero-order valence-electron chi connectivity index (χ0n) is 15.3. The Morgan fingerprint density at radius 2 is 1.77 bits per heavy atom. The average molecular weight is 351 g/mol. The molecule has 1 atom stereocenters. The molecule has 6 nitrogen and oxygen atoms in total. The maximum atomic E-state index is 6.40. The molecule has 1 aromatic carbocycles. The molecule has 1 aromatic heterocycles. The molecular weight excluding hydrogens is 326 g/mol. The Bertz CT molecular complexity index is 851. The van der Waals surface area contributed by atoms with Gasteiger partial charge in [0.1, 0.15) is 11.5 Å². The third-order valence-corrected chi connectivity index (χ3v) is 5.25. The molecule has 2 heterocycles. The topological polar surface area (TPSA) is 99.4 Å². The highest BCUT2D eigenvalue weighted by Crippen LogP contribution is 2.38. The molecule has 2 aliphatic rings. The van der Waals surface area contributed by atoms with E-state index in [1.165, 1.54) is 37.7 Å². The lowest BCUT2D eigenvalue weighted by atomic mass is 9.83. The fourth-order valence-electron chi connectivity index (χ4n) is 3.91. The van der Waals surface area contributed by atoms with Crippen LogP contribution in [0.3, 0.4) is 0 Å². The molecule has 1 aliphatic heterocycles. The number of ether oxygens (including phenoxy) is 1. The van der Waals surface area contributed by atoms with E-state index in [1.807, 2.05) is 0 Å². The summed E-state index contributed by atoms with van der Waals surface area (Å²) < 4.78 is 5.91. The number of hydrogen-bond acceptors (Lipinski definition) is 6. The maximum absolute atomic E-state index is 6.40. The van der Waals surface area contributed by atoms with Crippen LogP contribution in [0.4, 0.5) is 11.5 Å². The van der Waals surface area contributed by atoms with Crippen molar-refractivity contribution in [2.45, 2.75) is 57.6 Å². The fourth-order valence-corrected chi connectivity index (χ4v) is 3.91. The van der Waals surface area contributed by atoms with Gasteiger partial charge in [-0.3, -0.25) is 5.73 Å². The number of aryl methyl sites for hydroxylation is 1. The van der Waals surface area contributed by atoms with Crippen LogP contribution in [-0.4, -0.2) is 21.4 Å². The predicted octanol–water partition coefficient (Wildman–Crippen LogP) is 3.60. The third kappa shape index (κ3) is 3.05.